The van der Waals surface area contributed by atoms with Gasteiger partial charge in [0.25, 0.3) is 5.91 Å². The van der Waals surface area contributed by atoms with Gasteiger partial charge in [-0.15, -0.1) is 0 Å². The van der Waals surface area contributed by atoms with E-state index >= 15 is 0 Å². The van der Waals surface area contributed by atoms with Crippen molar-refractivity contribution >= 4 is 23.7 Å². The van der Waals surface area contributed by atoms with Crippen LogP contribution in [0.15, 0.2) is 18.2 Å². The number of rotatable bonds is 7. The Morgan fingerprint density at radius 2 is 1.87 bits per heavy atom. The van der Waals surface area contributed by atoms with Crippen molar-refractivity contribution in [3.8, 4) is 0 Å². The lowest BCUT2D eigenvalue weighted by Gasteiger charge is -2.32. The Hall–Kier alpha value is -2.74. The molecule has 1 atom stereocenters. The maximum atomic E-state index is 12.8. The number of unbranched alkanes of at least 4 members (excludes halogenated alkanes) is 1. The van der Waals surface area contributed by atoms with Crippen molar-refractivity contribution in [3.63, 3.8) is 0 Å². The first-order valence-corrected chi connectivity index (χ1v) is 11.1. The summed E-state index contributed by atoms with van der Waals surface area (Å²) in [5.41, 5.74) is 2.86. The second-order valence-electron chi connectivity index (χ2n) is 8.78. The van der Waals surface area contributed by atoms with E-state index in [4.69, 9.17) is 5.11 Å². The summed E-state index contributed by atoms with van der Waals surface area (Å²) in [5.74, 6) is -1.08. The van der Waals surface area contributed by atoms with Gasteiger partial charge in [0, 0.05) is 24.9 Å². The Bertz CT molecular complexity index is 891. The number of aliphatic carboxylic acids is 1. The Morgan fingerprint density at radius 1 is 1.10 bits per heavy atom. The molecule has 0 aliphatic carbocycles. The Kier molecular flexibility index (Phi) is 6.36. The molecular formula is C23H29N3O5. The summed E-state index contributed by atoms with van der Waals surface area (Å²) in [7, 11) is 0. The number of fused-ring (bicyclic) bond motifs is 1. The van der Waals surface area contributed by atoms with Gasteiger partial charge in [-0.3, -0.25) is 24.5 Å². The summed E-state index contributed by atoms with van der Waals surface area (Å²) in [4.78, 5) is 51.1. The predicted molar refractivity (Wildman–Crippen MR) is 112 cm³/mol. The van der Waals surface area contributed by atoms with Crippen molar-refractivity contribution in [1.82, 2.24) is 15.1 Å². The number of carboxylic acid groups (broad SMARTS) is 1. The van der Waals surface area contributed by atoms with Crippen LogP contribution in [-0.4, -0.2) is 64.3 Å². The maximum absolute atomic E-state index is 12.8. The van der Waals surface area contributed by atoms with E-state index in [1.165, 1.54) is 5.56 Å². The molecule has 2 saturated heterocycles. The third-order valence-electron chi connectivity index (χ3n) is 6.72. The van der Waals surface area contributed by atoms with Crippen molar-refractivity contribution in [2.24, 2.45) is 0 Å². The number of nitrogens with one attached hydrogen (secondary N) is 1. The van der Waals surface area contributed by atoms with Gasteiger partial charge in [-0.2, -0.15) is 0 Å². The number of hydrogen-bond acceptors (Lipinski definition) is 5. The third kappa shape index (κ3) is 4.79. The minimum absolute atomic E-state index is 0.132. The highest BCUT2D eigenvalue weighted by Gasteiger charge is 2.39. The summed E-state index contributed by atoms with van der Waals surface area (Å²) in [5, 5.41) is 11.1. The molecule has 4 rings (SSSR count). The number of nitrogens with zero attached hydrogens (tertiary/aromatic N) is 2. The molecule has 3 aliphatic rings. The van der Waals surface area contributed by atoms with Crippen molar-refractivity contribution in [3.05, 3.63) is 34.9 Å². The van der Waals surface area contributed by atoms with Crippen LogP contribution in [-0.2, 0) is 20.9 Å². The zero-order valence-electron chi connectivity index (χ0n) is 17.6. The van der Waals surface area contributed by atoms with E-state index in [1.807, 2.05) is 12.1 Å². The highest BCUT2D eigenvalue weighted by molar-refractivity contribution is 6.05. The summed E-state index contributed by atoms with van der Waals surface area (Å²) in [6.07, 6.45) is 4.59. The lowest BCUT2D eigenvalue weighted by atomic mass is 9.88. The molecule has 166 valence electrons. The molecule has 1 unspecified atom stereocenters. The average Bonchev–Trinajstić information content (AvgIpc) is 3.07. The zero-order valence-corrected chi connectivity index (χ0v) is 17.6. The third-order valence-corrected chi connectivity index (χ3v) is 6.72. The topological polar surface area (TPSA) is 107 Å². The molecule has 8 nitrogen and oxygen atoms in total. The summed E-state index contributed by atoms with van der Waals surface area (Å²) in [6.45, 7) is 3.35. The fraction of sp³-hybridized carbons (Fsp3) is 0.565. The highest BCUT2D eigenvalue weighted by Crippen LogP contribution is 2.33. The second-order valence-corrected chi connectivity index (χ2v) is 8.78. The molecule has 0 radical (unpaired) electrons. The van der Waals surface area contributed by atoms with Gasteiger partial charge >= 0.3 is 5.97 Å². The number of imide groups is 1. The zero-order chi connectivity index (χ0) is 22.0. The quantitative estimate of drug-likeness (QED) is 0.508. The van der Waals surface area contributed by atoms with E-state index in [1.54, 1.807) is 4.90 Å². The van der Waals surface area contributed by atoms with E-state index in [-0.39, 0.29) is 30.6 Å². The first kappa shape index (κ1) is 21.5. The summed E-state index contributed by atoms with van der Waals surface area (Å²) >= 11 is 0. The molecule has 0 bridgehead atoms. The van der Waals surface area contributed by atoms with E-state index in [2.05, 4.69) is 16.3 Å². The Balaban J connectivity index is 1.33. The maximum Gasteiger partial charge on any atom is 0.303 e. The largest absolute Gasteiger partial charge is 0.481 e. The minimum atomic E-state index is -0.732. The first-order valence-electron chi connectivity index (χ1n) is 11.1. The fourth-order valence-corrected chi connectivity index (χ4v) is 4.95. The van der Waals surface area contributed by atoms with Crippen LogP contribution in [0.1, 0.15) is 72.3 Å². The van der Waals surface area contributed by atoms with Crippen LogP contribution < -0.4 is 5.32 Å². The Morgan fingerprint density at radius 3 is 2.58 bits per heavy atom. The molecule has 31 heavy (non-hydrogen) atoms. The molecule has 3 amide bonds. The Labute approximate surface area is 181 Å². The van der Waals surface area contributed by atoms with Gasteiger partial charge in [-0.1, -0.05) is 12.1 Å². The fourth-order valence-electron chi connectivity index (χ4n) is 4.95. The van der Waals surface area contributed by atoms with Crippen molar-refractivity contribution in [2.75, 3.05) is 19.6 Å². The molecule has 0 spiro atoms. The van der Waals surface area contributed by atoms with Crippen molar-refractivity contribution in [1.29, 1.82) is 0 Å². The molecule has 2 N–H and O–H groups in total. The predicted octanol–water partition coefficient (Wildman–Crippen LogP) is 1.88. The molecule has 1 aromatic carbocycles. The van der Waals surface area contributed by atoms with Gasteiger partial charge in [0.1, 0.15) is 6.04 Å². The number of likely N-dealkylation sites (tertiary alicyclic amines) is 1. The summed E-state index contributed by atoms with van der Waals surface area (Å²) in [6, 6.07) is 5.46. The second kappa shape index (κ2) is 9.18. The number of amides is 3. The van der Waals surface area contributed by atoms with Crippen LogP contribution in [0.5, 0.6) is 0 Å². The van der Waals surface area contributed by atoms with E-state index in [0.717, 1.165) is 50.9 Å². The SMILES string of the molecule is O=C(O)CCCCN1CCC(c2ccc3c(c2)CN(C2CCC(=O)NC2=O)C3=O)CC1. The molecular weight excluding hydrogens is 398 g/mol. The average molecular weight is 428 g/mol. The lowest BCUT2D eigenvalue weighted by molar-refractivity contribution is -0.138. The number of piperidine rings is 2. The van der Waals surface area contributed by atoms with E-state index in [9.17, 15) is 19.2 Å². The van der Waals surface area contributed by atoms with Crippen LogP contribution in [0.3, 0.4) is 0 Å². The first-order chi connectivity index (χ1) is 14.9. The van der Waals surface area contributed by atoms with E-state index < -0.39 is 12.0 Å². The molecule has 3 aliphatic heterocycles. The standard InChI is InChI=1S/C23H29N3O5/c27-20-7-6-19(22(30)24-20)26-14-17-13-16(4-5-18(17)23(26)31)15-8-11-25(12-9-15)10-2-1-3-21(28)29/h4-5,13,15,19H,1-3,6-12,14H2,(H,28,29)(H,24,27,30). The van der Waals surface area contributed by atoms with E-state index in [0.29, 0.717) is 24.4 Å². The van der Waals surface area contributed by atoms with Crippen LogP contribution in [0.25, 0.3) is 0 Å². The number of carbonyl (C=O) groups is 4. The molecule has 8 heteroatoms. The van der Waals surface area contributed by atoms with Crippen LogP contribution in [0, 0.1) is 0 Å². The van der Waals surface area contributed by atoms with Gasteiger partial charge in [-0.05, 0) is 74.8 Å². The van der Waals surface area contributed by atoms with Gasteiger partial charge in [0.15, 0.2) is 0 Å². The van der Waals surface area contributed by atoms with Crippen molar-refractivity contribution < 1.29 is 24.3 Å². The smallest absolute Gasteiger partial charge is 0.303 e. The molecule has 3 heterocycles. The lowest BCUT2D eigenvalue weighted by Crippen LogP contribution is -2.52. The molecule has 0 aromatic heterocycles. The van der Waals surface area contributed by atoms with Crippen LogP contribution in [0.2, 0.25) is 0 Å². The van der Waals surface area contributed by atoms with Gasteiger partial charge < -0.3 is 14.9 Å². The monoisotopic (exact) mass is 427 g/mol. The number of hydrogen-bond donors (Lipinski definition) is 2. The summed E-state index contributed by atoms with van der Waals surface area (Å²) < 4.78 is 0. The minimum Gasteiger partial charge on any atom is -0.481 e. The normalized spacial score (nSPS) is 22.5. The molecule has 1 aromatic rings. The number of carboxylic acids is 1. The van der Waals surface area contributed by atoms with Crippen LogP contribution >= 0.6 is 0 Å². The van der Waals surface area contributed by atoms with Gasteiger partial charge in [-0.25, -0.2) is 0 Å². The number of carbonyl (C=O) groups excluding carboxylic acids is 3. The van der Waals surface area contributed by atoms with Gasteiger partial charge in [0.05, 0.1) is 0 Å². The molecule has 2 fully saturated rings. The molecule has 0 saturated carbocycles. The van der Waals surface area contributed by atoms with Crippen molar-refractivity contribution in [2.45, 2.75) is 63.5 Å². The van der Waals surface area contributed by atoms with Crippen LogP contribution in [0.4, 0.5) is 0 Å². The van der Waals surface area contributed by atoms with Gasteiger partial charge in [0.2, 0.25) is 11.8 Å². The number of benzene rings is 1. The highest BCUT2D eigenvalue weighted by atomic mass is 16.4.